The van der Waals surface area contributed by atoms with E-state index in [1.54, 1.807) is 0 Å². The first kappa shape index (κ1) is 17.1. The topological polar surface area (TPSA) is 36.1 Å². The lowest BCUT2D eigenvalue weighted by atomic mass is 10.0. The summed E-state index contributed by atoms with van der Waals surface area (Å²) in [4.78, 5) is 17.7. The normalized spacial score (nSPS) is 10.6. The molecule has 0 bridgehead atoms. The van der Waals surface area contributed by atoms with E-state index in [1.807, 2.05) is 61.5 Å². The van der Waals surface area contributed by atoms with Crippen LogP contribution >= 0.6 is 12.4 Å². The number of pyridine rings is 1. The van der Waals surface area contributed by atoms with Gasteiger partial charge in [0.1, 0.15) is 0 Å². The van der Waals surface area contributed by atoms with Crippen molar-refractivity contribution in [1.29, 1.82) is 0 Å². The molecule has 0 amide bonds. The van der Waals surface area contributed by atoms with Gasteiger partial charge in [-0.05, 0) is 34.4 Å². The molecule has 0 fully saturated rings. The third-order valence-electron chi connectivity index (χ3n) is 4.43. The molecule has 1 heterocycles. The van der Waals surface area contributed by atoms with E-state index in [4.69, 9.17) is 0 Å². The molecule has 0 aliphatic carbocycles. The van der Waals surface area contributed by atoms with E-state index in [0.29, 0.717) is 5.39 Å². The number of hydrogen-bond donors (Lipinski definition) is 1. The van der Waals surface area contributed by atoms with E-state index >= 15 is 0 Å². The van der Waals surface area contributed by atoms with Crippen LogP contribution in [0.5, 0.6) is 0 Å². The molecule has 1 N–H and O–H groups in total. The van der Waals surface area contributed by atoms with Gasteiger partial charge in [0.2, 0.25) is 0 Å². The Kier molecular flexibility index (Phi) is 4.51. The van der Waals surface area contributed by atoms with E-state index in [1.165, 1.54) is 5.39 Å². The summed E-state index contributed by atoms with van der Waals surface area (Å²) in [7, 11) is 3.94. The van der Waals surface area contributed by atoms with E-state index in [-0.39, 0.29) is 18.0 Å². The molecule has 0 aliphatic heterocycles. The fourth-order valence-electron chi connectivity index (χ4n) is 3.13. The van der Waals surface area contributed by atoms with Crippen molar-refractivity contribution in [2.45, 2.75) is 0 Å². The van der Waals surface area contributed by atoms with Gasteiger partial charge in [0.15, 0.2) is 0 Å². The van der Waals surface area contributed by atoms with Gasteiger partial charge in [-0.25, -0.2) is 0 Å². The number of H-pyrrole nitrogens is 1. The van der Waals surface area contributed by atoms with Crippen LogP contribution in [0.2, 0.25) is 0 Å². The number of hydrogen-bond acceptors (Lipinski definition) is 2. The molecule has 25 heavy (non-hydrogen) atoms. The summed E-state index contributed by atoms with van der Waals surface area (Å²) in [6.07, 6.45) is 0. The zero-order valence-corrected chi connectivity index (χ0v) is 14.9. The standard InChI is InChI=1S/C21H18N2O.ClH/c1-23(2)16-11-10-15-12-20(22-21(24)19(15)13-16)18-9-5-7-14-6-3-4-8-17(14)18;/h3-13H,1-2H3,(H,22,24);1H. The fourth-order valence-corrected chi connectivity index (χ4v) is 3.13. The average molecular weight is 351 g/mol. The zero-order valence-electron chi connectivity index (χ0n) is 14.1. The molecule has 0 aliphatic rings. The van der Waals surface area contributed by atoms with E-state index < -0.39 is 0 Å². The van der Waals surface area contributed by atoms with Gasteiger partial charge >= 0.3 is 0 Å². The molecule has 0 unspecified atom stereocenters. The fraction of sp³-hybridized carbons (Fsp3) is 0.0952. The van der Waals surface area contributed by atoms with Crippen LogP contribution in [0.3, 0.4) is 0 Å². The third-order valence-corrected chi connectivity index (χ3v) is 4.43. The minimum Gasteiger partial charge on any atom is -0.378 e. The quantitative estimate of drug-likeness (QED) is 0.561. The minimum absolute atomic E-state index is 0. The van der Waals surface area contributed by atoms with Crippen molar-refractivity contribution in [3.8, 4) is 11.3 Å². The number of nitrogens with one attached hydrogen (secondary N) is 1. The Bertz CT molecular complexity index is 1110. The highest BCUT2D eigenvalue weighted by atomic mass is 35.5. The maximum absolute atomic E-state index is 12.6. The highest BCUT2D eigenvalue weighted by Gasteiger charge is 2.08. The van der Waals surface area contributed by atoms with Gasteiger partial charge in [-0.3, -0.25) is 4.79 Å². The highest BCUT2D eigenvalue weighted by Crippen LogP contribution is 2.28. The second-order valence-electron chi connectivity index (χ2n) is 6.20. The SMILES string of the molecule is CN(C)c1ccc2cc(-c3cccc4ccccc34)[nH]c(=O)c2c1.Cl. The van der Waals surface area contributed by atoms with Gasteiger partial charge in [-0.2, -0.15) is 0 Å². The molecular weight excluding hydrogens is 332 g/mol. The van der Waals surface area contributed by atoms with Gasteiger partial charge < -0.3 is 9.88 Å². The number of benzene rings is 3. The molecule has 0 radical (unpaired) electrons. The summed E-state index contributed by atoms with van der Waals surface area (Å²) >= 11 is 0. The Balaban J connectivity index is 0.00000182. The van der Waals surface area contributed by atoms with Crippen LogP contribution in [0.1, 0.15) is 0 Å². The monoisotopic (exact) mass is 350 g/mol. The van der Waals surface area contributed by atoms with Crippen LogP contribution < -0.4 is 10.5 Å². The lowest BCUT2D eigenvalue weighted by Crippen LogP contribution is -2.11. The van der Waals surface area contributed by atoms with Crippen molar-refractivity contribution >= 4 is 39.6 Å². The predicted octanol–water partition coefficient (Wildman–Crippen LogP) is 4.84. The smallest absolute Gasteiger partial charge is 0.256 e. The van der Waals surface area contributed by atoms with Crippen LogP contribution in [0.25, 0.3) is 32.8 Å². The van der Waals surface area contributed by atoms with Gasteiger partial charge in [0, 0.05) is 36.4 Å². The van der Waals surface area contributed by atoms with Crippen molar-refractivity contribution in [2.75, 3.05) is 19.0 Å². The molecule has 0 saturated heterocycles. The molecule has 3 nitrogen and oxygen atoms in total. The van der Waals surface area contributed by atoms with Crippen LogP contribution in [-0.2, 0) is 0 Å². The number of halogens is 1. The molecule has 3 aromatic carbocycles. The van der Waals surface area contributed by atoms with Crippen molar-refractivity contribution < 1.29 is 0 Å². The molecule has 126 valence electrons. The lowest BCUT2D eigenvalue weighted by molar-refractivity contribution is 1.13. The Labute approximate surface area is 152 Å². The van der Waals surface area contributed by atoms with Gasteiger partial charge in [-0.1, -0.05) is 48.5 Å². The average Bonchev–Trinajstić information content (AvgIpc) is 2.60. The number of anilines is 1. The molecule has 4 heteroatoms. The lowest BCUT2D eigenvalue weighted by Gasteiger charge is -2.13. The summed E-state index contributed by atoms with van der Waals surface area (Å²) in [6, 6.07) is 22.4. The summed E-state index contributed by atoms with van der Waals surface area (Å²) in [5, 5.41) is 3.97. The molecule has 4 rings (SSSR count). The summed E-state index contributed by atoms with van der Waals surface area (Å²) in [5.41, 5.74) is 2.86. The molecular formula is C21H19ClN2O. The molecule has 0 atom stereocenters. The predicted molar refractivity (Wildman–Crippen MR) is 109 cm³/mol. The van der Waals surface area contributed by atoms with Crippen molar-refractivity contribution in [3.63, 3.8) is 0 Å². The Hall–Kier alpha value is -2.78. The minimum atomic E-state index is -0.0564. The number of rotatable bonds is 2. The van der Waals surface area contributed by atoms with Crippen LogP contribution in [0.4, 0.5) is 5.69 Å². The second kappa shape index (κ2) is 6.61. The Morgan fingerprint density at radius 1 is 0.800 bits per heavy atom. The van der Waals surface area contributed by atoms with Gasteiger partial charge in [0.25, 0.3) is 5.56 Å². The van der Waals surface area contributed by atoms with E-state index in [9.17, 15) is 4.79 Å². The Morgan fingerprint density at radius 2 is 1.56 bits per heavy atom. The first-order valence-corrected chi connectivity index (χ1v) is 7.96. The number of aromatic amines is 1. The summed E-state index contributed by atoms with van der Waals surface area (Å²) in [6.45, 7) is 0. The zero-order chi connectivity index (χ0) is 16.7. The highest BCUT2D eigenvalue weighted by molar-refractivity contribution is 5.97. The maximum Gasteiger partial charge on any atom is 0.256 e. The van der Waals surface area contributed by atoms with Crippen molar-refractivity contribution in [2.24, 2.45) is 0 Å². The van der Waals surface area contributed by atoms with Crippen molar-refractivity contribution in [3.05, 3.63) is 77.1 Å². The number of aromatic nitrogens is 1. The summed E-state index contributed by atoms with van der Waals surface area (Å²) < 4.78 is 0. The maximum atomic E-state index is 12.6. The first-order valence-electron chi connectivity index (χ1n) is 7.96. The third kappa shape index (κ3) is 2.99. The largest absolute Gasteiger partial charge is 0.378 e. The van der Waals surface area contributed by atoms with Gasteiger partial charge in [-0.15, -0.1) is 12.4 Å². The van der Waals surface area contributed by atoms with Crippen LogP contribution in [-0.4, -0.2) is 19.1 Å². The van der Waals surface area contributed by atoms with Crippen LogP contribution in [0.15, 0.2) is 71.5 Å². The number of fused-ring (bicyclic) bond motifs is 2. The van der Waals surface area contributed by atoms with E-state index in [2.05, 4.69) is 29.2 Å². The molecule has 1 aromatic heterocycles. The van der Waals surface area contributed by atoms with Gasteiger partial charge in [0.05, 0.1) is 0 Å². The van der Waals surface area contributed by atoms with E-state index in [0.717, 1.165) is 27.7 Å². The first-order chi connectivity index (χ1) is 11.6. The molecule has 0 saturated carbocycles. The molecule has 0 spiro atoms. The number of nitrogens with zero attached hydrogens (tertiary/aromatic N) is 1. The second-order valence-corrected chi connectivity index (χ2v) is 6.20. The van der Waals surface area contributed by atoms with Crippen molar-refractivity contribution in [1.82, 2.24) is 4.98 Å². The Morgan fingerprint density at radius 3 is 2.36 bits per heavy atom. The molecule has 4 aromatic rings. The summed E-state index contributed by atoms with van der Waals surface area (Å²) in [5.74, 6) is 0. The van der Waals surface area contributed by atoms with Crippen LogP contribution in [0, 0.1) is 0 Å².